The first kappa shape index (κ1) is 15.9. The molecule has 2 aromatic carbocycles. The van der Waals surface area contributed by atoms with Crippen molar-refractivity contribution in [1.29, 1.82) is 0 Å². The fraction of sp³-hybridized carbons (Fsp3) is 0.333. The van der Waals surface area contributed by atoms with Gasteiger partial charge in [0, 0.05) is 0 Å². The molecule has 4 rings (SSSR count). The molecular formula is C21H22N2O2. The molecule has 128 valence electrons. The molecule has 0 unspecified atom stereocenters. The number of aliphatic imine (C=N–C) groups is 2. The van der Waals surface area contributed by atoms with Crippen molar-refractivity contribution in [3.63, 3.8) is 0 Å². The van der Waals surface area contributed by atoms with Crippen molar-refractivity contribution in [2.75, 3.05) is 13.2 Å². The van der Waals surface area contributed by atoms with E-state index in [0.29, 0.717) is 25.0 Å². The number of ether oxygens (including phenoxy) is 2. The molecule has 0 aromatic heterocycles. The maximum Gasteiger partial charge on any atom is 0.199 e. The Bertz CT molecular complexity index is 730. The van der Waals surface area contributed by atoms with E-state index in [1.807, 2.05) is 36.4 Å². The normalized spacial score (nSPS) is 22.8. The second-order valence-electron chi connectivity index (χ2n) is 6.97. The zero-order valence-electron chi connectivity index (χ0n) is 14.6. The maximum atomic E-state index is 5.93. The fourth-order valence-corrected chi connectivity index (χ4v) is 3.21. The van der Waals surface area contributed by atoms with Crippen molar-refractivity contribution >= 4 is 11.8 Å². The van der Waals surface area contributed by atoms with Gasteiger partial charge in [-0.1, -0.05) is 60.7 Å². The van der Waals surface area contributed by atoms with Crippen LogP contribution < -0.4 is 0 Å². The van der Waals surface area contributed by atoms with Gasteiger partial charge >= 0.3 is 0 Å². The summed E-state index contributed by atoms with van der Waals surface area (Å²) in [7, 11) is 0. The Morgan fingerprint density at radius 3 is 1.52 bits per heavy atom. The largest absolute Gasteiger partial charge is 0.478 e. The molecule has 0 radical (unpaired) electrons. The van der Waals surface area contributed by atoms with Crippen molar-refractivity contribution < 1.29 is 9.47 Å². The van der Waals surface area contributed by atoms with Crippen LogP contribution in [0.4, 0.5) is 0 Å². The number of hydrogen-bond donors (Lipinski definition) is 0. The third-order valence-corrected chi connectivity index (χ3v) is 4.74. The van der Waals surface area contributed by atoms with Gasteiger partial charge in [0.05, 0.1) is 0 Å². The highest BCUT2D eigenvalue weighted by Gasteiger charge is 2.41. The van der Waals surface area contributed by atoms with E-state index < -0.39 is 5.41 Å². The van der Waals surface area contributed by atoms with Crippen LogP contribution in [0, 0.1) is 5.41 Å². The van der Waals surface area contributed by atoms with Crippen LogP contribution in [0.2, 0.25) is 0 Å². The first-order valence-corrected chi connectivity index (χ1v) is 8.66. The Morgan fingerprint density at radius 2 is 1.12 bits per heavy atom. The predicted octanol–water partition coefficient (Wildman–Crippen LogP) is 4.35. The molecule has 0 spiro atoms. The van der Waals surface area contributed by atoms with Crippen molar-refractivity contribution in [2.24, 2.45) is 15.4 Å². The standard InChI is InChI=1S/C21H22N2O2/c1-21(2,19-22-17(13-24-19)15-9-5-3-6-10-15)20-23-18(14-25-20)16-11-7-4-8-12-16/h3-12,17-18H,13-14H2,1-2H3/t17-,18-/m1/s1. The van der Waals surface area contributed by atoms with Gasteiger partial charge in [0.2, 0.25) is 0 Å². The van der Waals surface area contributed by atoms with E-state index in [2.05, 4.69) is 38.1 Å². The highest BCUT2D eigenvalue weighted by Crippen LogP contribution is 2.35. The zero-order valence-corrected chi connectivity index (χ0v) is 14.6. The van der Waals surface area contributed by atoms with E-state index >= 15 is 0 Å². The highest BCUT2D eigenvalue weighted by molar-refractivity contribution is 6.05. The Morgan fingerprint density at radius 1 is 0.720 bits per heavy atom. The molecule has 2 aromatic rings. The summed E-state index contributed by atoms with van der Waals surface area (Å²) >= 11 is 0. The molecule has 2 atom stereocenters. The number of rotatable bonds is 4. The lowest BCUT2D eigenvalue weighted by Gasteiger charge is -2.22. The molecule has 4 nitrogen and oxygen atoms in total. The molecule has 25 heavy (non-hydrogen) atoms. The van der Waals surface area contributed by atoms with Gasteiger partial charge in [-0.05, 0) is 25.0 Å². The van der Waals surface area contributed by atoms with E-state index in [9.17, 15) is 0 Å². The molecule has 0 fully saturated rings. The minimum atomic E-state index is -0.465. The van der Waals surface area contributed by atoms with Crippen LogP contribution in [0.1, 0.15) is 37.1 Å². The average molecular weight is 334 g/mol. The summed E-state index contributed by atoms with van der Waals surface area (Å²) in [5, 5.41) is 0. The van der Waals surface area contributed by atoms with Gasteiger partial charge in [-0.15, -0.1) is 0 Å². The van der Waals surface area contributed by atoms with E-state index in [1.54, 1.807) is 0 Å². The monoisotopic (exact) mass is 334 g/mol. The van der Waals surface area contributed by atoms with Crippen LogP contribution in [-0.2, 0) is 9.47 Å². The number of benzene rings is 2. The van der Waals surface area contributed by atoms with Crippen LogP contribution in [0.5, 0.6) is 0 Å². The lowest BCUT2D eigenvalue weighted by Crippen LogP contribution is -2.34. The summed E-state index contributed by atoms with van der Waals surface area (Å²) in [5.41, 5.74) is 1.88. The quantitative estimate of drug-likeness (QED) is 0.834. The summed E-state index contributed by atoms with van der Waals surface area (Å²) in [6.07, 6.45) is 0. The number of nitrogens with zero attached hydrogens (tertiary/aromatic N) is 2. The molecule has 0 saturated heterocycles. The molecule has 0 amide bonds. The second kappa shape index (κ2) is 6.36. The van der Waals surface area contributed by atoms with Crippen LogP contribution in [0.15, 0.2) is 70.6 Å². The van der Waals surface area contributed by atoms with Crippen molar-refractivity contribution in [3.05, 3.63) is 71.8 Å². The maximum absolute atomic E-state index is 5.93. The van der Waals surface area contributed by atoms with E-state index in [1.165, 1.54) is 11.1 Å². The topological polar surface area (TPSA) is 43.2 Å². The van der Waals surface area contributed by atoms with Crippen LogP contribution in [-0.4, -0.2) is 25.0 Å². The fourth-order valence-electron chi connectivity index (χ4n) is 3.21. The molecule has 0 saturated carbocycles. The predicted molar refractivity (Wildman–Crippen MR) is 98.9 cm³/mol. The molecule has 0 aliphatic carbocycles. The molecule has 2 aliphatic heterocycles. The number of hydrogen-bond acceptors (Lipinski definition) is 4. The minimum Gasteiger partial charge on any atom is -0.478 e. The van der Waals surface area contributed by atoms with Crippen molar-refractivity contribution in [2.45, 2.75) is 25.9 Å². The summed E-state index contributed by atoms with van der Waals surface area (Å²) < 4.78 is 11.9. The lowest BCUT2D eigenvalue weighted by atomic mass is 9.93. The highest BCUT2D eigenvalue weighted by atomic mass is 16.5. The average Bonchev–Trinajstić information content (AvgIpc) is 3.34. The Balaban J connectivity index is 1.56. The van der Waals surface area contributed by atoms with E-state index in [4.69, 9.17) is 19.5 Å². The van der Waals surface area contributed by atoms with Crippen molar-refractivity contribution in [3.8, 4) is 0 Å². The van der Waals surface area contributed by atoms with Crippen LogP contribution >= 0.6 is 0 Å². The summed E-state index contributed by atoms with van der Waals surface area (Å²) in [4.78, 5) is 9.61. The summed E-state index contributed by atoms with van der Waals surface area (Å²) in [6, 6.07) is 20.6. The van der Waals surface area contributed by atoms with E-state index in [0.717, 1.165) is 0 Å². The van der Waals surface area contributed by atoms with Crippen LogP contribution in [0.3, 0.4) is 0 Å². The van der Waals surface area contributed by atoms with Crippen molar-refractivity contribution in [1.82, 2.24) is 0 Å². The minimum absolute atomic E-state index is 0.0439. The SMILES string of the molecule is CC(C)(C1=N[C@@H](c2ccccc2)CO1)C1=N[C@@H](c2ccccc2)CO1. The third-order valence-electron chi connectivity index (χ3n) is 4.74. The van der Waals surface area contributed by atoms with Gasteiger partial charge in [-0.3, -0.25) is 0 Å². The Labute approximate surface area is 148 Å². The Hall–Kier alpha value is -2.62. The van der Waals surface area contributed by atoms with Gasteiger partial charge < -0.3 is 9.47 Å². The van der Waals surface area contributed by atoms with E-state index in [-0.39, 0.29) is 12.1 Å². The first-order valence-electron chi connectivity index (χ1n) is 8.66. The third kappa shape index (κ3) is 3.04. The van der Waals surface area contributed by atoms with Gasteiger partial charge in [-0.2, -0.15) is 0 Å². The van der Waals surface area contributed by atoms with Gasteiger partial charge in [0.1, 0.15) is 30.7 Å². The molecule has 2 heterocycles. The smallest absolute Gasteiger partial charge is 0.199 e. The summed E-state index contributed by atoms with van der Waals surface area (Å²) in [6.45, 7) is 5.26. The van der Waals surface area contributed by atoms with Crippen LogP contribution in [0.25, 0.3) is 0 Å². The van der Waals surface area contributed by atoms with Gasteiger partial charge in [0.15, 0.2) is 11.8 Å². The summed E-state index contributed by atoms with van der Waals surface area (Å²) in [5.74, 6) is 1.41. The second-order valence-corrected chi connectivity index (χ2v) is 6.97. The molecule has 2 aliphatic rings. The molecule has 0 bridgehead atoms. The molecular weight excluding hydrogens is 312 g/mol. The first-order chi connectivity index (χ1) is 12.1. The lowest BCUT2D eigenvalue weighted by molar-refractivity contribution is 0.265. The zero-order chi connectivity index (χ0) is 17.3. The van der Waals surface area contributed by atoms with Gasteiger partial charge in [0.25, 0.3) is 0 Å². The Kier molecular flexibility index (Phi) is 4.04. The molecule has 4 heteroatoms. The molecule has 0 N–H and O–H groups in total. The van der Waals surface area contributed by atoms with Gasteiger partial charge in [-0.25, -0.2) is 9.98 Å².